The fourth-order valence-corrected chi connectivity index (χ4v) is 4.03. The van der Waals surface area contributed by atoms with Crippen LogP contribution in [-0.2, 0) is 0 Å². The molecule has 0 bridgehead atoms. The molecule has 0 spiro atoms. The summed E-state index contributed by atoms with van der Waals surface area (Å²) in [4.78, 5) is 19.2. The predicted molar refractivity (Wildman–Crippen MR) is 117 cm³/mol. The Morgan fingerprint density at radius 3 is 2.55 bits per heavy atom. The number of hydrogen-bond donors (Lipinski definition) is 2. The molecule has 0 unspecified atom stereocenters. The van der Waals surface area contributed by atoms with Crippen molar-refractivity contribution in [3.05, 3.63) is 71.6 Å². The first kappa shape index (κ1) is 21.2. The summed E-state index contributed by atoms with van der Waals surface area (Å²) in [6.07, 6.45) is 5.74. The number of aliphatic hydroxyl groups is 1. The summed E-state index contributed by atoms with van der Waals surface area (Å²) < 4.78 is 0. The van der Waals surface area contributed by atoms with Crippen LogP contribution in [0.2, 0.25) is 0 Å². The van der Waals surface area contributed by atoms with Crippen LogP contribution in [0.5, 0.6) is 0 Å². The minimum Gasteiger partial charge on any atom is -0.395 e. The molecule has 0 aliphatic carbocycles. The lowest BCUT2D eigenvalue weighted by Crippen LogP contribution is -2.65. The number of nitrogens with one attached hydrogen (secondary N) is 1. The van der Waals surface area contributed by atoms with E-state index in [1.807, 2.05) is 30.0 Å². The van der Waals surface area contributed by atoms with Crippen molar-refractivity contribution in [2.24, 2.45) is 5.92 Å². The minimum absolute atomic E-state index is 0.0124. The number of rotatable bonds is 8. The number of nitrogens with zero attached hydrogens (tertiary/aromatic N) is 2. The van der Waals surface area contributed by atoms with Crippen LogP contribution in [0.25, 0.3) is 6.08 Å². The highest BCUT2D eigenvalue weighted by atomic mass is 16.3. The molecule has 0 radical (unpaired) electrons. The molecule has 2 aromatic rings. The van der Waals surface area contributed by atoms with Crippen LogP contribution in [0.3, 0.4) is 0 Å². The Labute approximate surface area is 173 Å². The van der Waals surface area contributed by atoms with Crippen LogP contribution in [0.4, 0.5) is 0 Å². The van der Waals surface area contributed by atoms with E-state index in [0.29, 0.717) is 24.7 Å². The van der Waals surface area contributed by atoms with Gasteiger partial charge in [-0.05, 0) is 36.1 Å². The molecule has 3 atom stereocenters. The van der Waals surface area contributed by atoms with Gasteiger partial charge in [-0.15, -0.1) is 0 Å². The largest absolute Gasteiger partial charge is 0.395 e. The maximum Gasteiger partial charge on any atom is 0.272 e. The number of benzene rings is 1. The SMILES string of the molecule is CC=Cc1ccc([C@H]2[C@@H](CO)N[C@@H]2CN(CC(C)C)C(=O)c2ccccn2)cc1. The van der Waals surface area contributed by atoms with E-state index in [-0.39, 0.29) is 30.5 Å². The average Bonchev–Trinajstić information content (AvgIpc) is 2.71. The normalized spacial score (nSPS) is 21.3. The lowest BCUT2D eigenvalue weighted by molar-refractivity contribution is 0.0599. The van der Waals surface area contributed by atoms with Crippen molar-refractivity contribution in [2.75, 3.05) is 19.7 Å². The summed E-state index contributed by atoms with van der Waals surface area (Å²) in [6.45, 7) is 7.57. The molecule has 1 aromatic carbocycles. The molecule has 1 aromatic heterocycles. The molecule has 1 saturated heterocycles. The highest BCUT2D eigenvalue weighted by Crippen LogP contribution is 2.33. The van der Waals surface area contributed by atoms with Crippen LogP contribution in [0.1, 0.15) is 48.3 Å². The van der Waals surface area contributed by atoms with E-state index >= 15 is 0 Å². The van der Waals surface area contributed by atoms with Crippen LogP contribution in [-0.4, -0.2) is 52.7 Å². The summed E-state index contributed by atoms with van der Waals surface area (Å²) in [7, 11) is 0. The Balaban J connectivity index is 1.78. The summed E-state index contributed by atoms with van der Waals surface area (Å²) >= 11 is 0. The van der Waals surface area contributed by atoms with Crippen molar-refractivity contribution >= 4 is 12.0 Å². The second kappa shape index (κ2) is 9.81. The Bertz CT molecular complexity index is 818. The van der Waals surface area contributed by atoms with E-state index in [1.165, 1.54) is 5.56 Å². The smallest absolute Gasteiger partial charge is 0.272 e. The zero-order valence-electron chi connectivity index (χ0n) is 17.5. The number of aliphatic hydroxyl groups excluding tert-OH is 1. The van der Waals surface area contributed by atoms with Gasteiger partial charge in [-0.1, -0.05) is 56.3 Å². The standard InChI is InChI=1S/C24H31N3O2/c1-4-7-18-9-11-19(12-10-18)23-21(26-22(23)16-28)15-27(14-17(2)3)24(29)20-8-5-6-13-25-20/h4-13,17,21-23,26,28H,14-16H2,1-3H3/t21-,22-,23-/m1/s1. The molecule has 5 heteroatoms. The second-order valence-corrected chi connectivity index (χ2v) is 8.07. The molecular formula is C24H31N3O2. The topological polar surface area (TPSA) is 65.5 Å². The van der Waals surface area contributed by atoms with E-state index in [0.717, 1.165) is 5.56 Å². The fourth-order valence-electron chi connectivity index (χ4n) is 4.03. The van der Waals surface area contributed by atoms with Crippen molar-refractivity contribution in [2.45, 2.75) is 38.8 Å². The van der Waals surface area contributed by atoms with Gasteiger partial charge in [0.1, 0.15) is 5.69 Å². The van der Waals surface area contributed by atoms with Gasteiger partial charge in [0.05, 0.1) is 6.61 Å². The number of amides is 1. The number of hydrogen-bond acceptors (Lipinski definition) is 4. The van der Waals surface area contributed by atoms with Crippen molar-refractivity contribution in [1.82, 2.24) is 15.2 Å². The summed E-state index contributed by atoms with van der Waals surface area (Å²) in [5.74, 6) is 0.483. The van der Waals surface area contributed by atoms with Crippen molar-refractivity contribution < 1.29 is 9.90 Å². The summed E-state index contributed by atoms with van der Waals surface area (Å²) in [5.41, 5.74) is 2.82. The van der Waals surface area contributed by atoms with Crippen molar-refractivity contribution in [3.63, 3.8) is 0 Å². The molecule has 2 heterocycles. The predicted octanol–water partition coefficient (Wildman–Crippen LogP) is 3.33. The van der Waals surface area contributed by atoms with Crippen LogP contribution in [0, 0.1) is 5.92 Å². The summed E-state index contributed by atoms with van der Waals surface area (Å²) in [6, 6.07) is 14.0. The van der Waals surface area contributed by atoms with Crippen LogP contribution < -0.4 is 5.32 Å². The molecule has 1 aliphatic heterocycles. The number of pyridine rings is 1. The Morgan fingerprint density at radius 1 is 1.21 bits per heavy atom. The van der Waals surface area contributed by atoms with Gasteiger partial charge in [-0.2, -0.15) is 0 Å². The molecule has 5 nitrogen and oxygen atoms in total. The molecule has 29 heavy (non-hydrogen) atoms. The van der Waals surface area contributed by atoms with Gasteiger partial charge in [0.25, 0.3) is 5.91 Å². The van der Waals surface area contributed by atoms with Crippen molar-refractivity contribution in [3.8, 4) is 0 Å². The Kier molecular flexibility index (Phi) is 7.18. The molecule has 1 amide bonds. The third-order valence-electron chi connectivity index (χ3n) is 5.35. The molecule has 3 rings (SSSR count). The molecule has 0 saturated carbocycles. The first-order valence-corrected chi connectivity index (χ1v) is 10.3. The van der Waals surface area contributed by atoms with Gasteiger partial charge >= 0.3 is 0 Å². The molecule has 1 aliphatic rings. The first-order chi connectivity index (χ1) is 14.0. The molecule has 154 valence electrons. The zero-order chi connectivity index (χ0) is 20.8. The maximum absolute atomic E-state index is 13.0. The average molecular weight is 394 g/mol. The van der Waals surface area contributed by atoms with Gasteiger partial charge < -0.3 is 15.3 Å². The highest BCUT2D eigenvalue weighted by molar-refractivity contribution is 5.92. The van der Waals surface area contributed by atoms with Gasteiger partial charge in [0, 0.05) is 37.3 Å². The molecular weight excluding hydrogens is 362 g/mol. The van der Waals surface area contributed by atoms with Crippen LogP contribution in [0.15, 0.2) is 54.7 Å². The van der Waals surface area contributed by atoms with Gasteiger partial charge in [0.15, 0.2) is 0 Å². The minimum atomic E-state index is -0.0456. The van der Waals surface area contributed by atoms with E-state index < -0.39 is 0 Å². The monoisotopic (exact) mass is 393 g/mol. The Hall–Kier alpha value is -2.50. The van der Waals surface area contributed by atoms with E-state index in [2.05, 4.69) is 54.5 Å². The third kappa shape index (κ3) is 5.11. The summed E-state index contributed by atoms with van der Waals surface area (Å²) in [5, 5.41) is 13.2. The molecule has 1 fully saturated rings. The highest BCUT2D eigenvalue weighted by Gasteiger charge is 2.42. The van der Waals surface area contributed by atoms with Gasteiger partial charge in [-0.25, -0.2) is 0 Å². The quantitative estimate of drug-likeness (QED) is 0.722. The number of aromatic nitrogens is 1. The third-order valence-corrected chi connectivity index (χ3v) is 5.35. The fraction of sp³-hybridized carbons (Fsp3) is 0.417. The number of carbonyl (C=O) groups is 1. The number of carbonyl (C=O) groups excluding carboxylic acids is 1. The number of allylic oxidation sites excluding steroid dienone is 1. The van der Waals surface area contributed by atoms with E-state index in [1.54, 1.807) is 12.3 Å². The first-order valence-electron chi connectivity index (χ1n) is 10.3. The zero-order valence-corrected chi connectivity index (χ0v) is 17.5. The maximum atomic E-state index is 13.0. The van der Waals surface area contributed by atoms with Gasteiger partial charge in [0.2, 0.25) is 0 Å². The second-order valence-electron chi connectivity index (χ2n) is 8.07. The van der Waals surface area contributed by atoms with Gasteiger partial charge in [-0.3, -0.25) is 9.78 Å². The lowest BCUT2D eigenvalue weighted by Gasteiger charge is -2.47. The van der Waals surface area contributed by atoms with E-state index in [9.17, 15) is 9.90 Å². The van der Waals surface area contributed by atoms with Crippen LogP contribution >= 0.6 is 0 Å². The lowest BCUT2D eigenvalue weighted by atomic mass is 9.77. The van der Waals surface area contributed by atoms with E-state index in [4.69, 9.17) is 0 Å². The Morgan fingerprint density at radius 2 is 1.97 bits per heavy atom. The molecule has 2 N–H and O–H groups in total. The van der Waals surface area contributed by atoms with Crippen molar-refractivity contribution in [1.29, 1.82) is 0 Å².